The summed E-state index contributed by atoms with van der Waals surface area (Å²) in [6.45, 7) is 6.79. The highest BCUT2D eigenvalue weighted by atomic mass is 15.2. The smallest absolute Gasteiger partial charge is 0.0402 e. The predicted molar refractivity (Wildman–Crippen MR) is 82.1 cm³/mol. The number of hydrogen-bond acceptors (Lipinski definition) is 2. The van der Waals surface area contributed by atoms with E-state index in [1.165, 1.54) is 43.4 Å². The quantitative estimate of drug-likeness (QED) is 0.874. The van der Waals surface area contributed by atoms with Crippen LogP contribution >= 0.6 is 0 Å². The van der Waals surface area contributed by atoms with Crippen LogP contribution in [-0.4, -0.2) is 26.2 Å². The molecule has 0 spiro atoms. The van der Waals surface area contributed by atoms with Crippen LogP contribution in [-0.2, 0) is 0 Å². The average Bonchev–Trinajstić information content (AvgIpc) is 2.49. The zero-order valence-corrected chi connectivity index (χ0v) is 12.1. The molecule has 0 bridgehead atoms. The number of benzene rings is 1. The maximum absolute atomic E-state index is 3.45. The molecule has 1 aliphatic heterocycles. The summed E-state index contributed by atoms with van der Waals surface area (Å²) in [5, 5.41) is 3.45. The Bertz CT molecular complexity index is 415. The zero-order valence-electron chi connectivity index (χ0n) is 12.1. The van der Waals surface area contributed by atoms with Gasteiger partial charge in [-0.05, 0) is 37.3 Å². The van der Waals surface area contributed by atoms with Crippen molar-refractivity contribution in [3.05, 3.63) is 29.3 Å². The molecule has 0 atom stereocenters. The number of aryl methyl sites for hydroxylation is 1. The maximum atomic E-state index is 3.45. The van der Waals surface area contributed by atoms with E-state index in [4.69, 9.17) is 0 Å². The lowest BCUT2D eigenvalue weighted by Gasteiger charge is -2.34. The second-order valence-corrected chi connectivity index (χ2v) is 6.13. The monoisotopic (exact) mass is 258 g/mol. The van der Waals surface area contributed by atoms with E-state index in [-0.39, 0.29) is 0 Å². The van der Waals surface area contributed by atoms with Crippen molar-refractivity contribution in [3.8, 4) is 0 Å². The fraction of sp³-hybridized carbons (Fsp3) is 0.647. The number of anilines is 1. The van der Waals surface area contributed by atoms with E-state index in [0.29, 0.717) is 0 Å². The summed E-state index contributed by atoms with van der Waals surface area (Å²) in [4.78, 5) is 2.58. The van der Waals surface area contributed by atoms with Crippen molar-refractivity contribution in [1.82, 2.24) is 5.32 Å². The molecule has 1 saturated carbocycles. The van der Waals surface area contributed by atoms with Crippen LogP contribution in [0.15, 0.2) is 18.2 Å². The van der Waals surface area contributed by atoms with E-state index >= 15 is 0 Å². The number of nitrogens with one attached hydrogen (secondary N) is 1. The van der Waals surface area contributed by atoms with Crippen molar-refractivity contribution in [2.24, 2.45) is 0 Å². The summed E-state index contributed by atoms with van der Waals surface area (Å²) in [5.41, 5.74) is 4.56. The molecule has 1 N–H and O–H groups in total. The molecule has 0 aromatic heterocycles. The molecule has 19 heavy (non-hydrogen) atoms. The molecule has 104 valence electrons. The second-order valence-electron chi connectivity index (χ2n) is 6.13. The molecule has 2 fully saturated rings. The van der Waals surface area contributed by atoms with Gasteiger partial charge < -0.3 is 10.2 Å². The molecule has 2 aliphatic rings. The van der Waals surface area contributed by atoms with Gasteiger partial charge in [0.25, 0.3) is 0 Å². The number of hydrogen-bond donors (Lipinski definition) is 1. The minimum Gasteiger partial charge on any atom is -0.369 e. The molecule has 3 rings (SSSR count). The van der Waals surface area contributed by atoms with Crippen LogP contribution in [0.2, 0.25) is 0 Å². The molecule has 0 radical (unpaired) electrons. The second kappa shape index (κ2) is 5.96. The molecule has 1 aromatic carbocycles. The largest absolute Gasteiger partial charge is 0.369 e. The van der Waals surface area contributed by atoms with Crippen molar-refractivity contribution in [2.75, 3.05) is 31.1 Å². The van der Waals surface area contributed by atoms with E-state index in [9.17, 15) is 0 Å². The number of nitrogens with zero attached hydrogens (tertiary/aromatic N) is 1. The lowest BCUT2D eigenvalue weighted by molar-refractivity contribution is 0.442. The van der Waals surface area contributed by atoms with Gasteiger partial charge in [0.05, 0.1) is 0 Å². The normalized spacial score (nSPS) is 21.6. The third-order valence-electron chi connectivity index (χ3n) is 4.69. The fourth-order valence-electron chi connectivity index (χ4n) is 3.61. The molecule has 0 amide bonds. The summed E-state index contributed by atoms with van der Waals surface area (Å²) >= 11 is 0. The summed E-state index contributed by atoms with van der Waals surface area (Å²) in [6, 6.07) is 7.10. The minimum absolute atomic E-state index is 0.804. The van der Waals surface area contributed by atoms with Gasteiger partial charge in [-0.2, -0.15) is 0 Å². The Hall–Kier alpha value is -1.02. The topological polar surface area (TPSA) is 15.3 Å². The van der Waals surface area contributed by atoms with Gasteiger partial charge in [-0.25, -0.2) is 0 Å². The third-order valence-corrected chi connectivity index (χ3v) is 4.69. The van der Waals surface area contributed by atoms with E-state index in [2.05, 4.69) is 35.3 Å². The molecule has 2 nitrogen and oxygen atoms in total. The molecule has 1 heterocycles. The Kier molecular flexibility index (Phi) is 4.07. The highest BCUT2D eigenvalue weighted by Gasteiger charge is 2.21. The summed E-state index contributed by atoms with van der Waals surface area (Å²) in [6.07, 6.45) is 7.05. The first-order valence-corrected chi connectivity index (χ1v) is 7.91. The Labute approximate surface area is 117 Å². The molecule has 1 aliphatic carbocycles. The first kappa shape index (κ1) is 13.0. The van der Waals surface area contributed by atoms with Crippen molar-refractivity contribution in [1.29, 1.82) is 0 Å². The first-order chi connectivity index (χ1) is 9.34. The van der Waals surface area contributed by atoms with Gasteiger partial charge in [-0.3, -0.25) is 0 Å². The van der Waals surface area contributed by atoms with E-state index in [1.807, 2.05) is 0 Å². The van der Waals surface area contributed by atoms with Gasteiger partial charge in [0.15, 0.2) is 0 Å². The van der Waals surface area contributed by atoms with Crippen LogP contribution in [0.4, 0.5) is 5.69 Å². The van der Waals surface area contributed by atoms with Crippen LogP contribution in [0.3, 0.4) is 0 Å². The van der Waals surface area contributed by atoms with E-state index in [0.717, 1.165) is 32.1 Å². The van der Waals surface area contributed by atoms with Crippen molar-refractivity contribution < 1.29 is 0 Å². The van der Waals surface area contributed by atoms with Crippen LogP contribution < -0.4 is 10.2 Å². The van der Waals surface area contributed by atoms with Crippen LogP contribution in [0.25, 0.3) is 0 Å². The highest BCUT2D eigenvalue weighted by Crippen LogP contribution is 2.38. The van der Waals surface area contributed by atoms with Crippen LogP contribution in [0.5, 0.6) is 0 Å². The van der Waals surface area contributed by atoms with E-state index in [1.54, 1.807) is 5.56 Å². The first-order valence-electron chi connectivity index (χ1n) is 7.91. The third kappa shape index (κ3) is 2.94. The van der Waals surface area contributed by atoms with Gasteiger partial charge in [0.1, 0.15) is 0 Å². The number of piperazine rings is 1. The Morgan fingerprint density at radius 1 is 1.05 bits per heavy atom. The van der Waals surface area contributed by atoms with Gasteiger partial charge >= 0.3 is 0 Å². The van der Waals surface area contributed by atoms with Gasteiger partial charge in [0, 0.05) is 31.9 Å². The maximum Gasteiger partial charge on any atom is 0.0402 e. The van der Waals surface area contributed by atoms with Gasteiger partial charge in [-0.1, -0.05) is 37.0 Å². The standard InChI is InChI=1S/C17H26N2/c1-14-7-8-17(19-11-9-18-10-12-19)16(13-14)15-5-3-2-4-6-15/h7-8,13,15,18H,2-6,9-12H2,1H3. The predicted octanol–water partition coefficient (Wildman–Crippen LogP) is 3.45. The van der Waals surface area contributed by atoms with Crippen molar-refractivity contribution in [3.63, 3.8) is 0 Å². The van der Waals surface area contributed by atoms with Crippen molar-refractivity contribution in [2.45, 2.75) is 44.9 Å². The highest BCUT2D eigenvalue weighted by molar-refractivity contribution is 5.57. The van der Waals surface area contributed by atoms with Crippen LogP contribution in [0, 0.1) is 6.92 Å². The molecular weight excluding hydrogens is 232 g/mol. The van der Waals surface area contributed by atoms with Crippen LogP contribution in [0.1, 0.15) is 49.1 Å². The average molecular weight is 258 g/mol. The Morgan fingerprint density at radius 2 is 1.79 bits per heavy atom. The van der Waals surface area contributed by atoms with E-state index < -0.39 is 0 Å². The lowest BCUT2D eigenvalue weighted by Crippen LogP contribution is -2.44. The molecule has 2 heteroatoms. The Morgan fingerprint density at radius 3 is 2.53 bits per heavy atom. The molecular formula is C17H26N2. The minimum atomic E-state index is 0.804. The number of rotatable bonds is 2. The van der Waals surface area contributed by atoms with Gasteiger partial charge in [-0.15, -0.1) is 0 Å². The zero-order chi connectivity index (χ0) is 13.1. The molecule has 1 aromatic rings. The molecule has 1 saturated heterocycles. The fourth-order valence-corrected chi connectivity index (χ4v) is 3.61. The summed E-state index contributed by atoms with van der Waals surface area (Å²) in [7, 11) is 0. The summed E-state index contributed by atoms with van der Waals surface area (Å²) < 4.78 is 0. The SMILES string of the molecule is Cc1ccc(N2CCNCC2)c(C2CCCCC2)c1. The lowest BCUT2D eigenvalue weighted by atomic mass is 9.82. The Balaban J connectivity index is 1.88. The van der Waals surface area contributed by atoms with Gasteiger partial charge in [0.2, 0.25) is 0 Å². The molecule has 0 unspecified atom stereocenters. The van der Waals surface area contributed by atoms with Crippen molar-refractivity contribution >= 4 is 5.69 Å². The summed E-state index contributed by atoms with van der Waals surface area (Å²) in [5.74, 6) is 0.804.